The van der Waals surface area contributed by atoms with Gasteiger partial charge in [-0.15, -0.1) is 13.2 Å². The van der Waals surface area contributed by atoms with Crippen LogP contribution in [0.1, 0.15) is 37.7 Å². The summed E-state index contributed by atoms with van der Waals surface area (Å²) in [5.41, 5.74) is 1.12. The van der Waals surface area contributed by atoms with Gasteiger partial charge < -0.3 is 14.6 Å². The Balaban J connectivity index is 1.68. The van der Waals surface area contributed by atoms with Crippen LogP contribution in [-0.2, 0) is 10.2 Å². The maximum atomic E-state index is 12.4. The summed E-state index contributed by atoms with van der Waals surface area (Å²) in [6.45, 7) is 0.575. The number of carbonyl (C=O) groups is 1. The van der Waals surface area contributed by atoms with Crippen molar-refractivity contribution in [3.8, 4) is 22.6 Å². The second-order valence-electron chi connectivity index (χ2n) is 7.78. The van der Waals surface area contributed by atoms with Crippen molar-refractivity contribution < 1.29 is 32.5 Å². The monoisotopic (exact) mass is 406 g/mol. The number of carboxylic acid groups (broad SMARTS) is 1. The van der Waals surface area contributed by atoms with Gasteiger partial charge >= 0.3 is 12.3 Å². The molecule has 7 heteroatoms. The molecule has 0 aliphatic heterocycles. The second-order valence-corrected chi connectivity index (χ2v) is 7.78. The summed E-state index contributed by atoms with van der Waals surface area (Å²) in [6.07, 6.45) is -0.508. The van der Waals surface area contributed by atoms with Crippen molar-refractivity contribution in [2.45, 2.75) is 43.9 Å². The van der Waals surface area contributed by atoms with Gasteiger partial charge in [0.25, 0.3) is 0 Å². The van der Waals surface area contributed by atoms with Crippen LogP contribution >= 0.6 is 0 Å². The van der Waals surface area contributed by atoms with Crippen LogP contribution in [-0.4, -0.2) is 24.0 Å². The van der Waals surface area contributed by atoms with E-state index in [4.69, 9.17) is 4.74 Å². The Morgan fingerprint density at radius 3 is 2.31 bits per heavy atom. The van der Waals surface area contributed by atoms with E-state index in [0.717, 1.165) is 19.3 Å². The molecule has 4 rings (SSSR count). The van der Waals surface area contributed by atoms with E-state index in [0.29, 0.717) is 47.8 Å². The molecule has 0 aromatic heterocycles. The van der Waals surface area contributed by atoms with Gasteiger partial charge in [0.15, 0.2) is 0 Å². The summed E-state index contributed by atoms with van der Waals surface area (Å²) in [6, 6.07) is 10.9. The first-order valence-corrected chi connectivity index (χ1v) is 9.64. The van der Waals surface area contributed by atoms with E-state index < -0.39 is 17.7 Å². The maximum absolute atomic E-state index is 12.4. The predicted octanol–water partition coefficient (Wildman–Crippen LogP) is 5.55. The Bertz CT molecular complexity index is 897. The van der Waals surface area contributed by atoms with Gasteiger partial charge in [0, 0.05) is 5.56 Å². The zero-order valence-corrected chi connectivity index (χ0v) is 15.7. The minimum Gasteiger partial charge on any atom is -0.493 e. The molecule has 4 nitrogen and oxygen atoms in total. The topological polar surface area (TPSA) is 55.8 Å². The highest BCUT2D eigenvalue weighted by Crippen LogP contribution is 2.46. The Kier molecular flexibility index (Phi) is 4.92. The number of hydrogen-bond donors (Lipinski definition) is 1. The van der Waals surface area contributed by atoms with Crippen LogP contribution in [0.5, 0.6) is 11.5 Å². The van der Waals surface area contributed by atoms with Crippen molar-refractivity contribution in [1.82, 2.24) is 0 Å². The van der Waals surface area contributed by atoms with Gasteiger partial charge in [-0.25, -0.2) is 0 Å². The molecule has 0 bridgehead atoms. The fourth-order valence-electron chi connectivity index (χ4n) is 3.66. The largest absolute Gasteiger partial charge is 0.573 e. The molecule has 0 amide bonds. The number of carboxylic acids is 1. The number of aliphatic carboxylic acids is 1. The zero-order chi connectivity index (χ0) is 20.6. The van der Waals surface area contributed by atoms with Crippen LogP contribution in [0.4, 0.5) is 13.2 Å². The highest BCUT2D eigenvalue weighted by molar-refractivity contribution is 5.84. The van der Waals surface area contributed by atoms with Crippen LogP contribution in [0.3, 0.4) is 0 Å². The fourth-order valence-corrected chi connectivity index (χ4v) is 3.66. The van der Waals surface area contributed by atoms with E-state index in [1.807, 2.05) is 0 Å². The first-order chi connectivity index (χ1) is 13.8. The summed E-state index contributed by atoms with van der Waals surface area (Å²) in [5, 5.41) is 9.74. The number of benzene rings is 2. The third-order valence-electron chi connectivity index (χ3n) is 5.72. The van der Waals surface area contributed by atoms with Crippen LogP contribution < -0.4 is 9.47 Å². The molecule has 0 unspecified atom stereocenters. The van der Waals surface area contributed by atoms with Crippen LogP contribution in [0.15, 0.2) is 42.5 Å². The lowest BCUT2D eigenvalue weighted by atomic mass is 9.64. The van der Waals surface area contributed by atoms with Gasteiger partial charge in [-0.1, -0.05) is 24.6 Å². The Hall–Kier alpha value is -2.70. The van der Waals surface area contributed by atoms with Gasteiger partial charge in [0.05, 0.1) is 12.0 Å². The lowest BCUT2D eigenvalue weighted by Gasteiger charge is -2.38. The standard InChI is InChI=1S/C22H21F3O4/c23-22(24,25)29-17-7-4-15(5-8-17)18-12-16(21(20(26)27)10-1-11-21)6-9-19(18)28-13-14-2-3-14/h4-9,12,14H,1-3,10-11,13H2,(H,26,27). The quantitative estimate of drug-likeness (QED) is 0.655. The van der Waals surface area contributed by atoms with Crippen molar-refractivity contribution in [2.75, 3.05) is 6.61 Å². The minimum atomic E-state index is -4.75. The lowest BCUT2D eigenvalue weighted by Crippen LogP contribution is -2.42. The molecule has 0 atom stereocenters. The zero-order valence-electron chi connectivity index (χ0n) is 15.7. The molecule has 0 heterocycles. The van der Waals surface area contributed by atoms with Gasteiger partial charge in [-0.3, -0.25) is 4.79 Å². The number of rotatable bonds is 7. The molecule has 2 aromatic rings. The average molecular weight is 406 g/mol. The second kappa shape index (κ2) is 7.28. The third-order valence-corrected chi connectivity index (χ3v) is 5.72. The van der Waals surface area contributed by atoms with Crippen LogP contribution in [0.25, 0.3) is 11.1 Å². The SMILES string of the molecule is O=C(O)C1(c2ccc(OCC3CC3)c(-c3ccc(OC(F)(F)F)cc3)c2)CCC1. The van der Waals surface area contributed by atoms with Crippen LogP contribution in [0, 0.1) is 5.92 Å². The summed E-state index contributed by atoms with van der Waals surface area (Å²) < 4.78 is 47.1. The van der Waals surface area contributed by atoms with Crippen molar-refractivity contribution >= 4 is 5.97 Å². The highest BCUT2D eigenvalue weighted by Gasteiger charge is 2.46. The van der Waals surface area contributed by atoms with Gasteiger partial charge in [0.1, 0.15) is 11.5 Å². The maximum Gasteiger partial charge on any atom is 0.573 e. The highest BCUT2D eigenvalue weighted by atomic mass is 19.4. The first-order valence-electron chi connectivity index (χ1n) is 9.64. The van der Waals surface area contributed by atoms with Gasteiger partial charge in [-0.2, -0.15) is 0 Å². The summed E-state index contributed by atoms with van der Waals surface area (Å²) in [4.78, 5) is 11.9. The normalized spacial score (nSPS) is 18.0. The summed E-state index contributed by atoms with van der Waals surface area (Å²) in [7, 11) is 0. The number of hydrogen-bond acceptors (Lipinski definition) is 3. The van der Waals surface area contributed by atoms with E-state index in [9.17, 15) is 23.1 Å². The van der Waals surface area contributed by atoms with Crippen LogP contribution in [0.2, 0.25) is 0 Å². The van der Waals surface area contributed by atoms with E-state index in [2.05, 4.69) is 4.74 Å². The number of alkyl halides is 3. The molecule has 2 aliphatic carbocycles. The molecular formula is C22H21F3O4. The molecule has 0 spiro atoms. The number of halogens is 3. The molecule has 154 valence electrons. The molecule has 0 saturated heterocycles. The Labute approximate surface area is 166 Å². The third kappa shape index (κ3) is 4.18. The first kappa shape index (κ1) is 19.6. The van der Waals surface area contributed by atoms with E-state index in [1.165, 1.54) is 24.3 Å². The Morgan fingerprint density at radius 2 is 1.79 bits per heavy atom. The predicted molar refractivity (Wildman–Crippen MR) is 99.9 cm³/mol. The average Bonchev–Trinajstić information content (AvgIpc) is 3.43. The van der Waals surface area contributed by atoms with E-state index in [-0.39, 0.29) is 5.75 Å². The van der Waals surface area contributed by atoms with Crippen molar-refractivity contribution in [1.29, 1.82) is 0 Å². The summed E-state index contributed by atoms with van der Waals surface area (Å²) >= 11 is 0. The van der Waals surface area contributed by atoms with Crippen molar-refractivity contribution in [3.63, 3.8) is 0 Å². The van der Waals surface area contributed by atoms with Gasteiger partial charge in [-0.05, 0) is 67.0 Å². The van der Waals surface area contributed by atoms with Gasteiger partial charge in [0.2, 0.25) is 0 Å². The smallest absolute Gasteiger partial charge is 0.493 e. The molecule has 29 heavy (non-hydrogen) atoms. The van der Waals surface area contributed by atoms with Crippen molar-refractivity contribution in [3.05, 3.63) is 48.0 Å². The molecule has 2 fully saturated rings. The van der Waals surface area contributed by atoms with E-state index >= 15 is 0 Å². The fraction of sp³-hybridized carbons (Fsp3) is 0.409. The van der Waals surface area contributed by atoms with E-state index in [1.54, 1.807) is 18.2 Å². The molecule has 2 aliphatic rings. The molecule has 2 aromatic carbocycles. The Morgan fingerprint density at radius 1 is 1.10 bits per heavy atom. The lowest BCUT2D eigenvalue weighted by molar-refractivity contribution is -0.274. The molecule has 0 radical (unpaired) electrons. The molecular weight excluding hydrogens is 385 g/mol. The minimum absolute atomic E-state index is 0.307. The summed E-state index contributed by atoms with van der Waals surface area (Å²) in [5.74, 6) is -0.0267. The number of ether oxygens (including phenoxy) is 2. The molecule has 2 saturated carbocycles. The molecule has 1 N–H and O–H groups in total. The van der Waals surface area contributed by atoms with Crippen molar-refractivity contribution in [2.24, 2.45) is 5.92 Å².